The van der Waals surface area contributed by atoms with Gasteiger partial charge in [0.2, 0.25) is 0 Å². The largest absolute Gasteiger partial charge is 0.391 e. The van der Waals surface area contributed by atoms with Crippen molar-refractivity contribution >= 4 is 5.65 Å². The standard InChI is InChI=1S/C17H23N5O/c23-15-5-4-14(15)21-9-7-12(8-10-21)17-19-18-16-6-3-13(11-1-2-11)20-22(16)17/h3,6,11-12,14-15,23H,1-2,4-5,7-10H2. The number of aromatic nitrogens is 4. The number of hydrogen-bond acceptors (Lipinski definition) is 5. The topological polar surface area (TPSA) is 66.5 Å². The SMILES string of the molecule is OC1CCC1N1CCC(c2nnc3ccc(C4CC4)nn23)CC1. The second-order valence-electron chi connectivity index (χ2n) is 7.38. The van der Waals surface area contributed by atoms with Crippen LogP contribution >= 0.6 is 0 Å². The molecule has 2 aromatic heterocycles. The summed E-state index contributed by atoms with van der Waals surface area (Å²) in [6, 6.07) is 4.55. The van der Waals surface area contributed by atoms with Crippen LogP contribution in [0.1, 0.15) is 61.9 Å². The first kappa shape index (κ1) is 13.9. The van der Waals surface area contributed by atoms with Gasteiger partial charge in [0.1, 0.15) is 0 Å². The fourth-order valence-corrected chi connectivity index (χ4v) is 4.05. The molecule has 6 heteroatoms. The van der Waals surface area contributed by atoms with Crippen LogP contribution in [0.2, 0.25) is 0 Å². The van der Waals surface area contributed by atoms with E-state index in [4.69, 9.17) is 5.10 Å². The minimum Gasteiger partial charge on any atom is -0.391 e. The number of piperidine rings is 1. The summed E-state index contributed by atoms with van der Waals surface area (Å²) in [5, 5.41) is 23.4. The molecule has 122 valence electrons. The minimum absolute atomic E-state index is 0.108. The monoisotopic (exact) mass is 313 g/mol. The lowest BCUT2D eigenvalue weighted by Crippen LogP contribution is -2.52. The van der Waals surface area contributed by atoms with Gasteiger partial charge in [-0.3, -0.25) is 4.90 Å². The van der Waals surface area contributed by atoms with E-state index in [0.717, 1.165) is 50.2 Å². The van der Waals surface area contributed by atoms with Gasteiger partial charge < -0.3 is 5.11 Å². The Labute approximate surface area is 135 Å². The van der Waals surface area contributed by atoms with Gasteiger partial charge in [-0.15, -0.1) is 10.2 Å². The second-order valence-corrected chi connectivity index (χ2v) is 7.38. The molecule has 0 radical (unpaired) electrons. The molecule has 2 unspecified atom stereocenters. The number of fused-ring (bicyclic) bond motifs is 1. The van der Waals surface area contributed by atoms with E-state index in [9.17, 15) is 5.11 Å². The highest BCUT2D eigenvalue weighted by molar-refractivity contribution is 5.38. The van der Waals surface area contributed by atoms with E-state index in [1.807, 2.05) is 4.52 Å². The summed E-state index contributed by atoms with van der Waals surface area (Å²) in [6.07, 6.45) is 6.69. The van der Waals surface area contributed by atoms with E-state index in [1.54, 1.807) is 0 Å². The summed E-state index contributed by atoms with van der Waals surface area (Å²) >= 11 is 0. The van der Waals surface area contributed by atoms with Gasteiger partial charge in [0, 0.05) is 17.9 Å². The van der Waals surface area contributed by atoms with E-state index < -0.39 is 0 Å². The van der Waals surface area contributed by atoms with Crippen molar-refractivity contribution in [1.82, 2.24) is 24.7 Å². The molecular formula is C17H23N5O. The summed E-state index contributed by atoms with van der Waals surface area (Å²) in [5.74, 6) is 2.10. The Morgan fingerprint density at radius 3 is 2.39 bits per heavy atom. The van der Waals surface area contributed by atoms with Gasteiger partial charge in [-0.2, -0.15) is 9.61 Å². The summed E-state index contributed by atoms with van der Waals surface area (Å²) in [6.45, 7) is 2.09. The van der Waals surface area contributed by atoms with Crippen LogP contribution in [0.5, 0.6) is 0 Å². The third-order valence-electron chi connectivity index (χ3n) is 5.87. The van der Waals surface area contributed by atoms with E-state index in [1.165, 1.54) is 18.5 Å². The Kier molecular flexibility index (Phi) is 3.16. The molecule has 0 bridgehead atoms. The van der Waals surface area contributed by atoms with E-state index in [-0.39, 0.29) is 6.10 Å². The smallest absolute Gasteiger partial charge is 0.177 e. The van der Waals surface area contributed by atoms with Crippen LogP contribution in [0.3, 0.4) is 0 Å². The van der Waals surface area contributed by atoms with E-state index >= 15 is 0 Å². The van der Waals surface area contributed by atoms with Gasteiger partial charge in [0.05, 0.1) is 11.8 Å². The number of hydrogen-bond donors (Lipinski definition) is 1. The van der Waals surface area contributed by atoms with Gasteiger partial charge in [-0.1, -0.05) is 0 Å². The summed E-state index contributed by atoms with van der Waals surface area (Å²) in [4.78, 5) is 2.46. The number of aliphatic hydroxyl groups excluding tert-OH is 1. The third-order valence-corrected chi connectivity index (χ3v) is 5.87. The maximum absolute atomic E-state index is 9.86. The first-order valence-electron chi connectivity index (χ1n) is 8.94. The van der Waals surface area contributed by atoms with Crippen molar-refractivity contribution in [3.63, 3.8) is 0 Å². The molecule has 3 fully saturated rings. The first-order chi connectivity index (χ1) is 11.3. The molecule has 1 N–H and O–H groups in total. The van der Waals surface area contributed by atoms with Crippen molar-refractivity contribution in [2.45, 2.75) is 62.5 Å². The molecule has 3 heterocycles. The summed E-state index contributed by atoms with van der Waals surface area (Å²) < 4.78 is 1.98. The molecule has 2 aromatic rings. The van der Waals surface area contributed by atoms with Gasteiger partial charge in [0.25, 0.3) is 0 Å². The maximum atomic E-state index is 9.86. The Bertz CT molecular complexity index is 717. The highest BCUT2D eigenvalue weighted by Crippen LogP contribution is 2.39. The van der Waals surface area contributed by atoms with Crippen molar-refractivity contribution in [3.8, 4) is 0 Å². The molecule has 0 spiro atoms. The quantitative estimate of drug-likeness (QED) is 0.934. The van der Waals surface area contributed by atoms with E-state index in [2.05, 4.69) is 27.2 Å². The third kappa shape index (κ3) is 2.35. The minimum atomic E-state index is -0.108. The zero-order valence-electron chi connectivity index (χ0n) is 13.3. The molecule has 2 aliphatic carbocycles. The number of aliphatic hydroxyl groups is 1. The molecule has 0 aromatic carbocycles. The van der Waals surface area contributed by atoms with Crippen LogP contribution in [0.4, 0.5) is 0 Å². The zero-order chi connectivity index (χ0) is 15.4. The number of rotatable bonds is 3. The van der Waals surface area contributed by atoms with Crippen LogP contribution in [0.15, 0.2) is 12.1 Å². The van der Waals surface area contributed by atoms with Gasteiger partial charge in [-0.25, -0.2) is 0 Å². The molecule has 1 aliphatic heterocycles. The molecule has 1 saturated heterocycles. The Morgan fingerprint density at radius 1 is 0.913 bits per heavy atom. The number of likely N-dealkylation sites (tertiary alicyclic amines) is 1. The fourth-order valence-electron chi connectivity index (χ4n) is 4.05. The Balaban J connectivity index is 1.35. The Morgan fingerprint density at radius 2 is 1.74 bits per heavy atom. The normalized spacial score (nSPS) is 29.8. The highest BCUT2D eigenvalue weighted by Gasteiger charge is 2.37. The molecule has 23 heavy (non-hydrogen) atoms. The van der Waals surface area contributed by atoms with Gasteiger partial charge in [0.15, 0.2) is 11.5 Å². The molecule has 5 rings (SSSR count). The van der Waals surface area contributed by atoms with Crippen molar-refractivity contribution in [3.05, 3.63) is 23.7 Å². The van der Waals surface area contributed by atoms with Crippen molar-refractivity contribution in [1.29, 1.82) is 0 Å². The molecule has 2 saturated carbocycles. The van der Waals surface area contributed by atoms with Crippen LogP contribution < -0.4 is 0 Å². The average Bonchev–Trinajstić information content (AvgIpc) is 3.34. The highest BCUT2D eigenvalue weighted by atomic mass is 16.3. The zero-order valence-corrected chi connectivity index (χ0v) is 13.3. The molecule has 3 aliphatic rings. The fraction of sp³-hybridized carbons (Fsp3) is 0.706. The van der Waals surface area contributed by atoms with Crippen LogP contribution in [-0.2, 0) is 0 Å². The van der Waals surface area contributed by atoms with Crippen molar-refractivity contribution in [2.24, 2.45) is 0 Å². The van der Waals surface area contributed by atoms with Crippen molar-refractivity contribution < 1.29 is 5.11 Å². The van der Waals surface area contributed by atoms with Crippen LogP contribution in [0, 0.1) is 0 Å². The van der Waals surface area contributed by atoms with Gasteiger partial charge >= 0.3 is 0 Å². The molecule has 2 atom stereocenters. The van der Waals surface area contributed by atoms with Gasteiger partial charge in [-0.05, 0) is 63.7 Å². The summed E-state index contributed by atoms with van der Waals surface area (Å²) in [5.41, 5.74) is 2.05. The second kappa shape index (κ2) is 5.24. The number of nitrogens with zero attached hydrogens (tertiary/aromatic N) is 5. The predicted octanol–water partition coefficient (Wildman–Crippen LogP) is 1.70. The maximum Gasteiger partial charge on any atom is 0.177 e. The Hall–Kier alpha value is -1.53. The lowest BCUT2D eigenvalue weighted by molar-refractivity contribution is -0.0304. The average molecular weight is 313 g/mol. The van der Waals surface area contributed by atoms with E-state index in [0.29, 0.717) is 17.9 Å². The molecular weight excluding hydrogens is 290 g/mol. The van der Waals surface area contributed by atoms with Crippen LogP contribution in [-0.4, -0.2) is 55.1 Å². The first-order valence-corrected chi connectivity index (χ1v) is 8.94. The van der Waals surface area contributed by atoms with Crippen LogP contribution in [0.25, 0.3) is 5.65 Å². The lowest BCUT2D eigenvalue weighted by atomic mass is 9.85. The molecule has 6 nitrogen and oxygen atoms in total. The molecule has 0 amide bonds. The lowest BCUT2D eigenvalue weighted by Gasteiger charge is -2.44. The summed E-state index contributed by atoms with van der Waals surface area (Å²) in [7, 11) is 0. The predicted molar refractivity (Wildman–Crippen MR) is 85.3 cm³/mol. The van der Waals surface area contributed by atoms with Crippen molar-refractivity contribution in [2.75, 3.05) is 13.1 Å².